The Labute approximate surface area is 80.7 Å². The van der Waals surface area contributed by atoms with Crippen LogP contribution in [0.25, 0.3) is 0 Å². The number of nitrogens with one attached hydrogen (secondary N) is 2. The lowest BCUT2D eigenvalue weighted by molar-refractivity contribution is 0.0952. The highest BCUT2D eigenvalue weighted by Crippen LogP contribution is 2.00. The Morgan fingerprint density at radius 1 is 1.62 bits per heavy atom. The van der Waals surface area contributed by atoms with Crippen molar-refractivity contribution in [1.82, 2.24) is 10.4 Å². The Hall–Kier alpha value is -1.33. The lowest BCUT2D eigenvalue weighted by Crippen LogP contribution is -2.31. The first-order valence-electron chi connectivity index (χ1n) is 3.35. The number of H-pyrrole nitrogens is 1. The minimum Gasteiger partial charge on any atom is -0.328 e. The molecule has 0 aromatic carbocycles. The summed E-state index contributed by atoms with van der Waals surface area (Å²) in [5, 5.41) is 0. The molecule has 0 spiro atoms. The minimum absolute atomic E-state index is 0. The summed E-state index contributed by atoms with van der Waals surface area (Å²) in [6.45, 7) is 1.67. The maximum absolute atomic E-state index is 11.0. The summed E-state index contributed by atoms with van der Waals surface area (Å²) in [6, 6.07) is 1.34. The smallest absolute Gasteiger partial charge is 0.266 e. The Bertz CT molecular complexity index is 361. The predicted molar refractivity (Wildman–Crippen MR) is 50.7 cm³/mol. The van der Waals surface area contributed by atoms with Gasteiger partial charge in [0.05, 0.1) is 5.56 Å². The van der Waals surface area contributed by atoms with E-state index in [1.165, 1.54) is 12.3 Å². The van der Waals surface area contributed by atoms with Crippen molar-refractivity contribution >= 4 is 18.3 Å². The number of hydrogen-bond acceptors (Lipinski definition) is 3. The molecule has 1 rings (SSSR count). The van der Waals surface area contributed by atoms with Crippen LogP contribution in [0.1, 0.15) is 15.9 Å². The van der Waals surface area contributed by atoms with E-state index >= 15 is 0 Å². The zero-order valence-corrected chi connectivity index (χ0v) is 7.77. The van der Waals surface area contributed by atoms with Crippen molar-refractivity contribution in [1.29, 1.82) is 0 Å². The Morgan fingerprint density at radius 3 is 2.69 bits per heavy atom. The second-order valence-corrected chi connectivity index (χ2v) is 2.37. The van der Waals surface area contributed by atoms with E-state index < -0.39 is 5.91 Å². The topological polar surface area (TPSA) is 88.0 Å². The third-order valence-electron chi connectivity index (χ3n) is 1.51. The van der Waals surface area contributed by atoms with Gasteiger partial charge in [-0.1, -0.05) is 0 Å². The minimum atomic E-state index is -0.413. The van der Waals surface area contributed by atoms with Gasteiger partial charge in [0.25, 0.3) is 5.91 Å². The van der Waals surface area contributed by atoms with Gasteiger partial charge in [-0.3, -0.25) is 15.0 Å². The van der Waals surface area contributed by atoms with Crippen molar-refractivity contribution in [2.24, 2.45) is 5.84 Å². The number of carbonyl (C=O) groups is 1. The second kappa shape index (κ2) is 4.64. The number of hydrogen-bond donors (Lipinski definition) is 3. The van der Waals surface area contributed by atoms with Crippen molar-refractivity contribution in [2.75, 3.05) is 0 Å². The maximum atomic E-state index is 11.0. The van der Waals surface area contributed by atoms with Gasteiger partial charge in [-0.05, 0) is 12.5 Å². The molecule has 0 saturated carbocycles. The first-order chi connectivity index (χ1) is 5.65. The molecule has 6 heteroatoms. The molecule has 4 N–H and O–H groups in total. The zero-order chi connectivity index (χ0) is 9.14. The number of aromatic nitrogens is 1. The average Bonchev–Trinajstić information content (AvgIpc) is 2.03. The molecule has 0 bridgehead atoms. The van der Waals surface area contributed by atoms with Crippen molar-refractivity contribution in [3.63, 3.8) is 0 Å². The predicted octanol–water partition coefficient (Wildman–Crippen LogP) is -0.291. The van der Waals surface area contributed by atoms with Crippen molar-refractivity contribution in [2.45, 2.75) is 6.92 Å². The highest BCUT2D eigenvalue weighted by Gasteiger charge is 2.06. The van der Waals surface area contributed by atoms with E-state index in [2.05, 4.69) is 4.98 Å². The SMILES string of the molecule is Cc1cc(=O)[nH]cc1C(=O)NN.Cl. The summed E-state index contributed by atoms with van der Waals surface area (Å²) in [6.07, 6.45) is 1.33. The summed E-state index contributed by atoms with van der Waals surface area (Å²) in [5.74, 6) is 4.51. The molecule has 0 aliphatic rings. The van der Waals surface area contributed by atoms with Gasteiger partial charge in [-0.2, -0.15) is 0 Å². The molecule has 1 aromatic heterocycles. The normalized spacial score (nSPS) is 8.77. The number of rotatable bonds is 1. The van der Waals surface area contributed by atoms with Crippen LogP contribution in [0.15, 0.2) is 17.1 Å². The largest absolute Gasteiger partial charge is 0.328 e. The first kappa shape index (κ1) is 11.7. The van der Waals surface area contributed by atoms with Crippen LogP contribution in [-0.4, -0.2) is 10.9 Å². The summed E-state index contributed by atoms with van der Waals surface area (Å²) < 4.78 is 0. The fourth-order valence-electron chi connectivity index (χ4n) is 0.896. The summed E-state index contributed by atoms with van der Waals surface area (Å²) in [7, 11) is 0. The fourth-order valence-corrected chi connectivity index (χ4v) is 0.896. The van der Waals surface area contributed by atoms with Crippen molar-refractivity contribution in [3.8, 4) is 0 Å². The molecule has 0 aliphatic carbocycles. The van der Waals surface area contributed by atoms with E-state index in [1.807, 2.05) is 5.43 Å². The lowest BCUT2D eigenvalue weighted by Gasteiger charge is -2.01. The number of aromatic amines is 1. The van der Waals surface area contributed by atoms with Crippen molar-refractivity contribution in [3.05, 3.63) is 33.7 Å². The number of hydrazine groups is 1. The molecule has 0 saturated heterocycles. The molecule has 0 unspecified atom stereocenters. The monoisotopic (exact) mass is 203 g/mol. The first-order valence-corrected chi connectivity index (χ1v) is 3.35. The molecule has 72 valence electrons. The number of pyridine rings is 1. The summed E-state index contributed by atoms with van der Waals surface area (Å²) in [5.41, 5.74) is 2.72. The van der Waals surface area contributed by atoms with E-state index in [1.54, 1.807) is 6.92 Å². The quantitative estimate of drug-likeness (QED) is 0.333. The van der Waals surface area contributed by atoms with Crippen LogP contribution >= 0.6 is 12.4 Å². The summed E-state index contributed by atoms with van der Waals surface area (Å²) in [4.78, 5) is 24.1. The van der Waals surface area contributed by atoms with Gasteiger partial charge in [0.1, 0.15) is 0 Å². The van der Waals surface area contributed by atoms with Crippen molar-refractivity contribution < 1.29 is 4.79 Å². The van der Waals surface area contributed by atoms with E-state index in [0.29, 0.717) is 11.1 Å². The van der Waals surface area contributed by atoms with Gasteiger partial charge in [0.2, 0.25) is 5.56 Å². The molecule has 0 aliphatic heterocycles. The average molecular weight is 204 g/mol. The molecule has 13 heavy (non-hydrogen) atoms. The standard InChI is InChI=1S/C7H9N3O2.ClH/c1-4-2-6(11)9-3-5(4)7(12)10-8;/h2-3H,8H2,1H3,(H,9,11)(H,10,12);1H. The molecule has 1 amide bonds. The Kier molecular flexibility index (Phi) is 4.16. The molecular weight excluding hydrogens is 194 g/mol. The van der Waals surface area contributed by atoms with Gasteiger partial charge >= 0.3 is 0 Å². The molecule has 0 atom stereocenters. The van der Waals surface area contributed by atoms with Crippen LogP contribution in [0.4, 0.5) is 0 Å². The molecule has 1 aromatic rings. The van der Waals surface area contributed by atoms with Crippen LogP contribution in [0, 0.1) is 6.92 Å². The number of halogens is 1. The Balaban J connectivity index is 0.00000144. The van der Waals surface area contributed by atoms with E-state index in [9.17, 15) is 9.59 Å². The summed E-state index contributed by atoms with van der Waals surface area (Å²) >= 11 is 0. The number of amides is 1. The molecule has 1 heterocycles. The van der Waals surface area contributed by atoms with Gasteiger partial charge in [-0.25, -0.2) is 5.84 Å². The van der Waals surface area contributed by atoms with Gasteiger partial charge in [-0.15, -0.1) is 12.4 Å². The van der Waals surface area contributed by atoms with Gasteiger partial charge in [0, 0.05) is 12.3 Å². The molecule has 0 radical (unpaired) electrons. The Morgan fingerprint density at radius 2 is 2.23 bits per heavy atom. The zero-order valence-electron chi connectivity index (χ0n) is 6.96. The van der Waals surface area contributed by atoms with Crippen LogP contribution < -0.4 is 16.8 Å². The number of carbonyl (C=O) groups excluding carboxylic acids is 1. The van der Waals surface area contributed by atoms with Crippen LogP contribution in [-0.2, 0) is 0 Å². The van der Waals surface area contributed by atoms with E-state index in [-0.39, 0.29) is 18.0 Å². The maximum Gasteiger partial charge on any atom is 0.266 e. The molecule has 5 nitrogen and oxygen atoms in total. The van der Waals surface area contributed by atoms with Crippen LogP contribution in [0.5, 0.6) is 0 Å². The van der Waals surface area contributed by atoms with Gasteiger partial charge in [0.15, 0.2) is 0 Å². The van der Waals surface area contributed by atoms with Gasteiger partial charge < -0.3 is 4.98 Å². The third-order valence-corrected chi connectivity index (χ3v) is 1.51. The van der Waals surface area contributed by atoms with Crippen LogP contribution in [0.2, 0.25) is 0 Å². The lowest BCUT2D eigenvalue weighted by atomic mass is 10.1. The van der Waals surface area contributed by atoms with E-state index in [0.717, 1.165) is 0 Å². The van der Waals surface area contributed by atoms with E-state index in [4.69, 9.17) is 5.84 Å². The molecular formula is C7H10ClN3O2. The third kappa shape index (κ3) is 2.57. The fraction of sp³-hybridized carbons (Fsp3) is 0.143. The highest BCUT2D eigenvalue weighted by atomic mass is 35.5. The number of nitrogens with two attached hydrogens (primary N) is 1. The highest BCUT2D eigenvalue weighted by molar-refractivity contribution is 5.94. The number of aryl methyl sites for hydroxylation is 1. The molecule has 0 fully saturated rings. The number of nitrogen functional groups attached to an aromatic ring is 1. The van der Waals surface area contributed by atoms with Crippen LogP contribution in [0.3, 0.4) is 0 Å². The second-order valence-electron chi connectivity index (χ2n) is 2.37.